The van der Waals surface area contributed by atoms with E-state index >= 15 is 0 Å². The molecule has 0 radical (unpaired) electrons. The summed E-state index contributed by atoms with van der Waals surface area (Å²) >= 11 is 0. The van der Waals surface area contributed by atoms with Crippen LogP contribution in [0.1, 0.15) is 20.8 Å². The molecule has 122 valence electrons. The lowest BCUT2D eigenvalue weighted by Crippen LogP contribution is -2.53. The van der Waals surface area contributed by atoms with Crippen molar-refractivity contribution in [2.45, 2.75) is 51.4 Å². The van der Waals surface area contributed by atoms with Crippen molar-refractivity contribution in [1.29, 1.82) is 0 Å². The van der Waals surface area contributed by atoms with Gasteiger partial charge >= 0.3 is 17.9 Å². The van der Waals surface area contributed by atoms with Crippen LogP contribution >= 0.6 is 0 Å². The summed E-state index contributed by atoms with van der Waals surface area (Å²) in [5, 5.41) is 10.1. The molecule has 22 heavy (non-hydrogen) atoms. The number of aliphatic hydroxyl groups is 1. The number of hydrogen-bond acceptors (Lipinski definition) is 8. The normalized spacial score (nSPS) is 33.9. The molecular weight excluding hydrogens is 294 g/mol. The van der Waals surface area contributed by atoms with Crippen molar-refractivity contribution in [2.24, 2.45) is 0 Å². The minimum Gasteiger partial charge on any atom is -0.457 e. The fourth-order valence-corrected chi connectivity index (χ4v) is 2.89. The monoisotopic (exact) mass is 313 g/mol. The van der Waals surface area contributed by atoms with Crippen molar-refractivity contribution in [2.75, 3.05) is 6.54 Å². The quantitative estimate of drug-likeness (QED) is 0.417. The zero-order valence-corrected chi connectivity index (χ0v) is 12.6. The standard InChI is InChI=1S/C14H19NO7/c1-7(16)20-10-4-5-12(19)15-6-11(21-8(2)17)14(13(10)15)22-9(3)18/h4-5,10-14,19H,6H2,1-3H3. The second kappa shape index (κ2) is 6.45. The zero-order valence-electron chi connectivity index (χ0n) is 12.6. The van der Waals surface area contributed by atoms with Crippen molar-refractivity contribution >= 4 is 17.9 Å². The first kappa shape index (κ1) is 16.4. The Labute approximate surface area is 127 Å². The molecule has 0 bridgehead atoms. The van der Waals surface area contributed by atoms with E-state index in [0.717, 1.165) is 0 Å². The third kappa shape index (κ3) is 3.45. The highest BCUT2D eigenvalue weighted by Crippen LogP contribution is 2.32. The van der Waals surface area contributed by atoms with E-state index in [-0.39, 0.29) is 6.54 Å². The Kier molecular flexibility index (Phi) is 4.82. The molecule has 2 rings (SSSR count). The van der Waals surface area contributed by atoms with Crippen LogP contribution in [-0.4, -0.2) is 65.0 Å². The van der Waals surface area contributed by atoms with E-state index in [0.29, 0.717) is 0 Å². The Morgan fingerprint density at radius 1 is 1.00 bits per heavy atom. The highest BCUT2D eigenvalue weighted by atomic mass is 16.6. The van der Waals surface area contributed by atoms with Gasteiger partial charge in [0, 0.05) is 27.3 Å². The first-order chi connectivity index (χ1) is 10.3. The predicted molar refractivity (Wildman–Crippen MR) is 72.3 cm³/mol. The van der Waals surface area contributed by atoms with E-state index in [1.807, 2.05) is 0 Å². The number of aliphatic hydroxyl groups excluding tert-OH is 1. The summed E-state index contributed by atoms with van der Waals surface area (Å²) in [6.45, 7) is 3.93. The molecule has 8 nitrogen and oxygen atoms in total. The molecule has 0 saturated carbocycles. The van der Waals surface area contributed by atoms with E-state index < -0.39 is 48.5 Å². The molecule has 1 fully saturated rings. The largest absolute Gasteiger partial charge is 0.457 e. The molecule has 0 spiro atoms. The van der Waals surface area contributed by atoms with Crippen LogP contribution in [0.25, 0.3) is 0 Å². The molecule has 5 atom stereocenters. The van der Waals surface area contributed by atoms with Crippen LogP contribution in [0.3, 0.4) is 0 Å². The van der Waals surface area contributed by atoms with Crippen LogP contribution in [0.5, 0.6) is 0 Å². The number of carbonyl (C=O) groups is 3. The number of esters is 3. The van der Waals surface area contributed by atoms with Gasteiger partial charge in [0.25, 0.3) is 0 Å². The summed E-state index contributed by atoms with van der Waals surface area (Å²) in [5.41, 5.74) is 0. The minimum atomic E-state index is -0.935. The third-order valence-corrected chi connectivity index (χ3v) is 3.55. The Hall–Kier alpha value is -1.93. The molecule has 2 aliphatic rings. The summed E-state index contributed by atoms with van der Waals surface area (Å²) in [7, 11) is 0. The van der Waals surface area contributed by atoms with Gasteiger partial charge in [0.15, 0.2) is 12.2 Å². The molecule has 0 amide bonds. The van der Waals surface area contributed by atoms with Crippen molar-refractivity contribution < 1.29 is 33.7 Å². The fourth-order valence-electron chi connectivity index (χ4n) is 2.89. The van der Waals surface area contributed by atoms with E-state index in [1.165, 1.54) is 26.8 Å². The lowest BCUT2D eigenvalue weighted by molar-refractivity contribution is -0.167. The first-order valence-electron chi connectivity index (χ1n) is 6.93. The minimum absolute atomic E-state index is 0.172. The average molecular weight is 313 g/mol. The van der Waals surface area contributed by atoms with Crippen LogP contribution in [-0.2, 0) is 28.6 Å². The van der Waals surface area contributed by atoms with Crippen LogP contribution in [0.15, 0.2) is 12.2 Å². The SMILES string of the molecule is CC(=O)OC1C=CC(O)N2CC(OC(C)=O)C(OC(C)=O)C12. The second-order valence-corrected chi connectivity index (χ2v) is 5.28. The van der Waals surface area contributed by atoms with Gasteiger partial charge in [0.1, 0.15) is 12.3 Å². The van der Waals surface area contributed by atoms with Crippen molar-refractivity contribution in [3.05, 3.63) is 12.2 Å². The molecule has 2 heterocycles. The number of ether oxygens (including phenoxy) is 3. The fraction of sp³-hybridized carbons (Fsp3) is 0.643. The highest BCUT2D eigenvalue weighted by Gasteiger charge is 2.53. The third-order valence-electron chi connectivity index (χ3n) is 3.55. The van der Waals surface area contributed by atoms with Gasteiger partial charge in [-0.15, -0.1) is 0 Å². The summed E-state index contributed by atoms with van der Waals surface area (Å²) in [6.07, 6.45) is -0.184. The van der Waals surface area contributed by atoms with Gasteiger partial charge in [-0.3, -0.25) is 19.3 Å². The van der Waals surface area contributed by atoms with Crippen molar-refractivity contribution in [3.63, 3.8) is 0 Å². The smallest absolute Gasteiger partial charge is 0.303 e. The molecular formula is C14H19NO7. The molecule has 0 aliphatic carbocycles. The van der Waals surface area contributed by atoms with Gasteiger partial charge in [-0.1, -0.05) is 0 Å². The number of hydrogen-bond donors (Lipinski definition) is 1. The van der Waals surface area contributed by atoms with Gasteiger partial charge in [0.05, 0.1) is 6.04 Å². The van der Waals surface area contributed by atoms with Gasteiger partial charge in [-0.25, -0.2) is 0 Å². The summed E-state index contributed by atoms with van der Waals surface area (Å²) in [5.74, 6) is -1.56. The second-order valence-electron chi connectivity index (χ2n) is 5.28. The van der Waals surface area contributed by atoms with E-state index in [2.05, 4.69) is 0 Å². The number of carbonyl (C=O) groups excluding carboxylic acids is 3. The molecule has 1 saturated heterocycles. The number of rotatable bonds is 3. The number of nitrogens with zero attached hydrogens (tertiary/aromatic N) is 1. The summed E-state index contributed by atoms with van der Waals surface area (Å²) in [4.78, 5) is 35.4. The molecule has 0 aromatic rings. The van der Waals surface area contributed by atoms with Gasteiger partial charge in [0.2, 0.25) is 0 Å². The predicted octanol–water partition coefficient (Wildman–Crippen LogP) is -0.646. The molecule has 1 N–H and O–H groups in total. The van der Waals surface area contributed by atoms with E-state index in [1.54, 1.807) is 11.0 Å². The Balaban J connectivity index is 2.29. The topological polar surface area (TPSA) is 102 Å². The maximum absolute atomic E-state index is 11.3. The molecule has 5 unspecified atom stereocenters. The van der Waals surface area contributed by atoms with Crippen LogP contribution < -0.4 is 0 Å². The highest BCUT2D eigenvalue weighted by molar-refractivity contribution is 5.68. The van der Waals surface area contributed by atoms with E-state index in [9.17, 15) is 19.5 Å². The molecule has 0 aromatic heterocycles. The summed E-state index contributed by atoms with van der Waals surface area (Å²) in [6, 6.07) is -0.614. The average Bonchev–Trinajstić information content (AvgIpc) is 2.71. The Bertz CT molecular complexity index is 503. The first-order valence-corrected chi connectivity index (χ1v) is 6.93. The van der Waals surface area contributed by atoms with Gasteiger partial charge in [-0.2, -0.15) is 0 Å². The van der Waals surface area contributed by atoms with Crippen LogP contribution in [0, 0.1) is 0 Å². The van der Waals surface area contributed by atoms with Gasteiger partial charge < -0.3 is 19.3 Å². The molecule has 0 aromatic carbocycles. The maximum atomic E-state index is 11.3. The van der Waals surface area contributed by atoms with Crippen molar-refractivity contribution in [1.82, 2.24) is 4.90 Å². The van der Waals surface area contributed by atoms with Crippen LogP contribution in [0.2, 0.25) is 0 Å². The van der Waals surface area contributed by atoms with Gasteiger partial charge in [-0.05, 0) is 12.2 Å². The maximum Gasteiger partial charge on any atom is 0.303 e. The lowest BCUT2D eigenvalue weighted by atomic mass is 10.0. The molecule has 8 heteroatoms. The van der Waals surface area contributed by atoms with Crippen LogP contribution in [0.4, 0.5) is 0 Å². The zero-order chi connectivity index (χ0) is 16.4. The summed E-state index contributed by atoms with van der Waals surface area (Å²) < 4.78 is 15.6. The Morgan fingerprint density at radius 2 is 1.59 bits per heavy atom. The van der Waals surface area contributed by atoms with E-state index in [4.69, 9.17) is 14.2 Å². The molecule has 2 aliphatic heterocycles. The lowest BCUT2D eigenvalue weighted by Gasteiger charge is -2.36. The van der Waals surface area contributed by atoms with Crippen molar-refractivity contribution in [3.8, 4) is 0 Å². The Morgan fingerprint density at radius 3 is 2.14 bits per heavy atom. The number of fused-ring (bicyclic) bond motifs is 1.